The number of rotatable bonds is 6. The molecule has 6 rings (SSSR count). The number of piperidine rings is 1. The van der Waals surface area contributed by atoms with Crippen LogP contribution in [-0.4, -0.2) is 29.6 Å². The van der Waals surface area contributed by atoms with E-state index in [1.54, 1.807) is 13.0 Å². The van der Waals surface area contributed by atoms with Crippen LogP contribution in [0, 0.1) is 5.92 Å². The summed E-state index contributed by atoms with van der Waals surface area (Å²) < 4.78 is 46.5. The summed E-state index contributed by atoms with van der Waals surface area (Å²) in [5.74, 6) is -0.389. The van der Waals surface area contributed by atoms with E-state index < -0.39 is 23.6 Å². The number of hydrogen-bond donors (Lipinski definition) is 0. The van der Waals surface area contributed by atoms with Gasteiger partial charge in [0, 0.05) is 25.6 Å². The third-order valence-electron chi connectivity index (χ3n) is 8.25. The van der Waals surface area contributed by atoms with Gasteiger partial charge in [-0.05, 0) is 97.2 Å². The summed E-state index contributed by atoms with van der Waals surface area (Å²) in [6, 6.07) is 10.2. The number of carbonyl (C=O) groups excluding carboxylic acids is 1. The maximum atomic E-state index is 13.3. The number of carboxylic acids is 1. The summed E-state index contributed by atoms with van der Waals surface area (Å²) in [7, 11) is 0. The van der Waals surface area contributed by atoms with Gasteiger partial charge in [-0.1, -0.05) is 44.4 Å². The Balaban J connectivity index is 0.000000826. The van der Waals surface area contributed by atoms with Crippen LogP contribution >= 0.6 is 0 Å². The molecule has 1 spiro atoms. The second-order valence-electron chi connectivity index (χ2n) is 11.7. The molecule has 39 heavy (non-hydrogen) atoms. The van der Waals surface area contributed by atoms with E-state index in [0.717, 1.165) is 79.6 Å². The molecular weight excluding hydrogens is 514 g/mol. The molecule has 0 bridgehead atoms. The summed E-state index contributed by atoms with van der Waals surface area (Å²) >= 11 is 0. The van der Waals surface area contributed by atoms with Gasteiger partial charge < -0.3 is 14.6 Å². The van der Waals surface area contributed by atoms with Crippen molar-refractivity contribution in [2.75, 3.05) is 13.1 Å². The molecule has 0 radical (unpaired) electrons. The van der Waals surface area contributed by atoms with Crippen LogP contribution in [0.15, 0.2) is 36.4 Å². The minimum atomic E-state index is -4.33. The van der Waals surface area contributed by atoms with Gasteiger partial charge in [0.25, 0.3) is 0 Å². The number of aryl methyl sites for hydroxylation is 1. The van der Waals surface area contributed by atoms with Crippen molar-refractivity contribution in [3.05, 3.63) is 64.2 Å². The molecule has 0 amide bonds. The smallest absolute Gasteiger partial charge is 0.550 e. The number of aliphatic carboxylic acids is 1. The number of likely N-dealkylation sites (tertiary alicyclic amines) is 1. The van der Waals surface area contributed by atoms with Crippen molar-refractivity contribution >= 4 is 5.97 Å². The average molecular weight is 552 g/mol. The first-order valence-electron chi connectivity index (χ1n) is 14.1. The molecule has 3 fully saturated rings. The van der Waals surface area contributed by atoms with Crippen molar-refractivity contribution in [1.82, 2.24) is 4.90 Å². The first kappa shape index (κ1) is 30.4. The maximum absolute atomic E-state index is 13.3. The quantitative estimate of drug-likeness (QED) is 0.518. The number of nitrogens with zero attached hydrogens (tertiary/aromatic N) is 1. The predicted molar refractivity (Wildman–Crippen MR) is 138 cm³/mol. The van der Waals surface area contributed by atoms with Crippen molar-refractivity contribution in [2.45, 2.75) is 95.4 Å². The summed E-state index contributed by atoms with van der Waals surface area (Å²) in [5, 5.41) is 11.1. The van der Waals surface area contributed by atoms with Crippen LogP contribution in [0.1, 0.15) is 92.0 Å². The number of alkyl halides is 3. The van der Waals surface area contributed by atoms with Gasteiger partial charge in [0.15, 0.2) is 0 Å². The van der Waals surface area contributed by atoms with Crippen molar-refractivity contribution in [3.8, 4) is 5.75 Å². The Bertz CT molecular complexity index is 1150. The van der Waals surface area contributed by atoms with Crippen LogP contribution in [0.4, 0.5) is 13.2 Å². The molecular formula is C31H37F3NNaO3. The number of halogens is 3. The fourth-order valence-electron chi connectivity index (χ4n) is 5.53. The van der Waals surface area contributed by atoms with Gasteiger partial charge in [-0.15, -0.1) is 0 Å². The fraction of sp³-hybridized carbons (Fsp3) is 0.581. The molecule has 2 aromatic carbocycles. The molecule has 4 aliphatic rings. The van der Waals surface area contributed by atoms with E-state index in [1.165, 1.54) is 31.4 Å². The van der Waals surface area contributed by atoms with Gasteiger partial charge in [-0.25, -0.2) is 0 Å². The van der Waals surface area contributed by atoms with Crippen LogP contribution in [0.5, 0.6) is 5.75 Å². The van der Waals surface area contributed by atoms with Crippen molar-refractivity contribution in [3.63, 3.8) is 0 Å². The third-order valence-corrected chi connectivity index (χ3v) is 8.25. The van der Waals surface area contributed by atoms with Crippen LogP contribution < -0.4 is 39.4 Å². The second kappa shape index (κ2) is 12.5. The van der Waals surface area contributed by atoms with Gasteiger partial charge in [-0.2, -0.15) is 13.2 Å². The van der Waals surface area contributed by atoms with Crippen LogP contribution in [-0.2, 0) is 30.4 Å². The zero-order valence-electron chi connectivity index (χ0n) is 23.1. The van der Waals surface area contributed by atoms with Gasteiger partial charge in [-0.3, -0.25) is 4.90 Å². The molecule has 8 heteroatoms. The zero-order valence-corrected chi connectivity index (χ0v) is 25.1. The number of fused-ring (bicyclic) bond motifs is 1. The topological polar surface area (TPSA) is 52.6 Å². The Hall–Kier alpha value is -1.54. The van der Waals surface area contributed by atoms with Gasteiger partial charge in [0.05, 0.1) is 5.56 Å². The molecule has 2 heterocycles. The van der Waals surface area contributed by atoms with Gasteiger partial charge in [0.2, 0.25) is 0 Å². The number of carboxylic acid groups (broad SMARTS) is 1. The van der Waals surface area contributed by atoms with Gasteiger partial charge >= 0.3 is 35.7 Å². The van der Waals surface area contributed by atoms with E-state index in [2.05, 4.69) is 4.90 Å². The van der Waals surface area contributed by atoms with E-state index in [1.807, 2.05) is 18.2 Å². The second-order valence-corrected chi connectivity index (χ2v) is 11.7. The Morgan fingerprint density at radius 3 is 2.36 bits per heavy atom. The Kier molecular flexibility index (Phi) is 9.78. The average Bonchev–Trinajstić information content (AvgIpc) is 3.77. The van der Waals surface area contributed by atoms with E-state index >= 15 is 0 Å². The number of ether oxygens (including phenoxy) is 1. The van der Waals surface area contributed by atoms with E-state index in [4.69, 9.17) is 4.74 Å². The third kappa shape index (κ3) is 8.02. The molecule has 2 aliphatic carbocycles. The van der Waals surface area contributed by atoms with Crippen molar-refractivity contribution in [1.29, 1.82) is 0 Å². The minimum Gasteiger partial charge on any atom is -0.550 e. The predicted octanol–water partition coefficient (Wildman–Crippen LogP) is 3.05. The summed E-state index contributed by atoms with van der Waals surface area (Å²) in [5.41, 5.74) is 3.10. The molecule has 2 aromatic rings. The molecule has 0 aromatic heterocycles. The minimum absolute atomic E-state index is 0. The first-order chi connectivity index (χ1) is 18.1. The van der Waals surface area contributed by atoms with E-state index in [9.17, 15) is 23.1 Å². The maximum Gasteiger partial charge on any atom is 1.00 e. The number of benzene rings is 2. The van der Waals surface area contributed by atoms with Crippen molar-refractivity contribution < 1.29 is 57.4 Å². The van der Waals surface area contributed by atoms with Crippen LogP contribution in [0.25, 0.3) is 0 Å². The number of hydrogen-bond acceptors (Lipinski definition) is 4. The zero-order chi connectivity index (χ0) is 26.9. The Labute approximate surface area is 251 Å². The molecule has 2 aliphatic heterocycles. The SMILES string of the molecule is C1CC1.CC(Cc1ccc2c(c1)OC1(CC2)CCN(Cc2cc(C(F)(F)F)ccc2C2CC2)CC1)C(=O)[O-].[Na+]. The Morgan fingerprint density at radius 2 is 1.77 bits per heavy atom. The number of carbonyl (C=O) groups is 1. The Morgan fingerprint density at radius 1 is 1.08 bits per heavy atom. The van der Waals surface area contributed by atoms with Crippen LogP contribution in [0.3, 0.4) is 0 Å². The fourth-order valence-corrected chi connectivity index (χ4v) is 5.53. The van der Waals surface area contributed by atoms with Gasteiger partial charge in [0.1, 0.15) is 11.4 Å². The molecule has 4 nitrogen and oxygen atoms in total. The standard InChI is InChI=1S/C28H32F3NO3.C3H6.Na/c1-18(26(33)34)14-19-2-3-21-8-9-27(35-25(21)15-19)10-12-32(13-11-27)17-22-16-23(28(29,30)31)6-7-24(22)20-4-5-20;1-2-3-1;/h2-3,6-7,15-16,18,20H,4-5,8-14,17H2,1H3,(H,33,34);1-3H2;/q;;+1/p-1. The molecule has 0 N–H and O–H groups in total. The van der Waals surface area contributed by atoms with Crippen molar-refractivity contribution in [2.24, 2.45) is 5.92 Å². The normalized spacial score (nSPS) is 20.5. The van der Waals surface area contributed by atoms with E-state index in [0.29, 0.717) is 18.9 Å². The monoisotopic (exact) mass is 551 g/mol. The summed E-state index contributed by atoms with van der Waals surface area (Å²) in [6.07, 6.45) is 6.15. The first-order valence-corrected chi connectivity index (χ1v) is 14.1. The molecule has 2 saturated carbocycles. The summed E-state index contributed by atoms with van der Waals surface area (Å²) in [4.78, 5) is 13.4. The summed E-state index contributed by atoms with van der Waals surface area (Å²) in [6.45, 7) is 3.73. The van der Waals surface area contributed by atoms with Crippen LogP contribution in [0.2, 0.25) is 0 Å². The molecule has 206 valence electrons. The van der Waals surface area contributed by atoms with E-state index in [-0.39, 0.29) is 35.2 Å². The molecule has 1 saturated heterocycles. The molecule has 1 unspecified atom stereocenters. The largest absolute Gasteiger partial charge is 1.00 e. The molecule has 1 atom stereocenters.